The molecular formula is C23H19NO4. The molecular weight excluding hydrogens is 354 g/mol. The minimum Gasteiger partial charge on any atom is -0.457 e. The van der Waals surface area contributed by atoms with Crippen molar-refractivity contribution in [2.24, 2.45) is 0 Å². The molecule has 1 N–H and O–H groups in total. The first-order chi connectivity index (χ1) is 13.7. The molecule has 140 valence electrons. The van der Waals surface area contributed by atoms with Crippen LogP contribution in [-0.4, -0.2) is 17.2 Å². The van der Waals surface area contributed by atoms with Crippen LogP contribution in [0, 0.1) is 0 Å². The molecule has 0 radical (unpaired) electrons. The molecule has 0 aliphatic carbocycles. The van der Waals surface area contributed by atoms with Gasteiger partial charge in [0.2, 0.25) is 0 Å². The van der Waals surface area contributed by atoms with Gasteiger partial charge in [0.15, 0.2) is 12.0 Å². The molecule has 4 aromatic rings. The SMILES string of the molecule is CCc1c(-c2cc3ccccc3o2)[nH]c(C=O)c1C(=O)OCc1ccccc1. The van der Waals surface area contributed by atoms with Gasteiger partial charge in [-0.25, -0.2) is 4.79 Å². The molecule has 0 amide bonds. The number of aromatic nitrogens is 1. The maximum Gasteiger partial charge on any atom is 0.341 e. The summed E-state index contributed by atoms with van der Waals surface area (Å²) in [6, 6.07) is 19.0. The summed E-state index contributed by atoms with van der Waals surface area (Å²) in [4.78, 5) is 27.4. The number of para-hydroxylation sites is 1. The molecule has 5 heteroatoms. The maximum absolute atomic E-state index is 12.8. The number of benzene rings is 2. The van der Waals surface area contributed by atoms with Gasteiger partial charge in [-0.3, -0.25) is 4.79 Å². The van der Waals surface area contributed by atoms with Crippen LogP contribution < -0.4 is 0 Å². The topological polar surface area (TPSA) is 72.3 Å². The molecule has 0 spiro atoms. The fraction of sp³-hybridized carbons (Fsp3) is 0.130. The van der Waals surface area contributed by atoms with Crippen molar-refractivity contribution in [3.8, 4) is 11.5 Å². The monoisotopic (exact) mass is 373 g/mol. The highest BCUT2D eigenvalue weighted by Gasteiger charge is 2.25. The molecule has 2 heterocycles. The lowest BCUT2D eigenvalue weighted by Gasteiger charge is -2.06. The van der Waals surface area contributed by atoms with E-state index in [4.69, 9.17) is 9.15 Å². The van der Waals surface area contributed by atoms with Crippen molar-refractivity contribution in [2.45, 2.75) is 20.0 Å². The lowest BCUT2D eigenvalue weighted by Crippen LogP contribution is -2.09. The number of hydrogen-bond donors (Lipinski definition) is 1. The molecule has 0 aliphatic heterocycles. The lowest BCUT2D eigenvalue weighted by atomic mass is 10.0. The molecule has 5 nitrogen and oxygen atoms in total. The summed E-state index contributed by atoms with van der Waals surface area (Å²) in [6.45, 7) is 2.07. The Morgan fingerprint density at radius 3 is 2.57 bits per heavy atom. The van der Waals surface area contributed by atoms with E-state index in [1.54, 1.807) is 0 Å². The molecule has 0 atom stereocenters. The Kier molecular flexibility index (Phi) is 4.81. The van der Waals surface area contributed by atoms with Crippen LogP contribution in [0.2, 0.25) is 0 Å². The third-order valence-electron chi connectivity index (χ3n) is 4.69. The number of carbonyl (C=O) groups excluding carboxylic acids is 2. The first-order valence-electron chi connectivity index (χ1n) is 9.11. The van der Waals surface area contributed by atoms with Crippen LogP contribution in [0.4, 0.5) is 0 Å². The van der Waals surface area contributed by atoms with E-state index in [0.29, 0.717) is 29.7 Å². The molecule has 0 saturated heterocycles. The largest absolute Gasteiger partial charge is 0.457 e. The number of H-pyrrole nitrogens is 1. The highest BCUT2D eigenvalue weighted by atomic mass is 16.5. The van der Waals surface area contributed by atoms with E-state index in [1.807, 2.05) is 67.6 Å². The van der Waals surface area contributed by atoms with Gasteiger partial charge in [0.1, 0.15) is 12.2 Å². The number of aldehydes is 1. The van der Waals surface area contributed by atoms with Gasteiger partial charge < -0.3 is 14.1 Å². The second kappa shape index (κ2) is 7.56. The summed E-state index contributed by atoms with van der Waals surface area (Å²) >= 11 is 0. The normalized spacial score (nSPS) is 10.9. The maximum atomic E-state index is 12.8. The van der Waals surface area contributed by atoms with E-state index in [9.17, 15) is 9.59 Å². The van der Waals surface area contributed by atoms with Crippen LogP contribution in [0.25, 0.3) is 22.4 Å². The molecule has 28 heavy (non-hydrogen) atoms. The van der Waals surface area contributed by atoms with Crippen molar-refractivity contribution in [3.05, 3.63) is 83.0 Å². The zero-order chi connectivity index (χ0) is 19.5. The van der Waals surface area contributed by atoms with Crippen molar-refractivity contribution in [3.63, 3.8) is 0 Å². The van der Waals surface area contributed by atoms with E-state index in [-0.39, 0.29) is 17.9 Å². The number of carbonyl (C=O) groups is 2. The van der Waals surface area contributed by atoms with Crippen molar-refractivity contribution in [1.82, 2.24) is 4.98 Å². The Bertz CT molecular complexity index is 1110. The lowest BCUT2D eigenvalue weighted by molar-refractivity contribution is 0.0470. The van der Waals surface area contributed by atoms with E-state index < -0.39 is 5.97 Å². The molecule has 2 aromatic carbocycles. The smallest absolute Gasteiger partial charge is 0.341 e. The van der Waals surface area contributed by atoms with Gasteiger partial charge in [0.25, 0.3) is 0 Å². The Balaban J connectivity index is 1.71. The summed E-state index contributed by atoms with van der Waals surface area (Å²) in [5.41, 5.74) is 3.44. The first-order valence-corrected chi connectivity index (χ1v) is 9.11. The van der Waals surface area contributed by atoms with Crippen LogP contribution in [0.15, 0.2) is 65.1 Å². The zero-order valence-electron chi connectivity index (χ0n) is 15.4. The Morgan fingerprint density at radius 2 is 1.86 bits per heavy atom. The molecule has 0 saturated carbocycles. The molecule has 4 rings (SSSR count). The average Bonchev–Trinajstić information content (AvgIpc) is 3.33. The van der Waals surface area contributed by atoms with Crippen molar-refractivity contribution in [1.29, 1.82) is 0 Å². The number of nitrogens with one attached hydrogen (secondary N) is 1. The summed E-state index contributed by atoms with van der Waals surface area (Å²) < 4.78 is 11.4. The fourth-order valence-corrected chi connectivity index (χ4v) is 3.35. The Hall–Kier alpha value is -3.60. The van der Waals surface area contributed by atoms with Gasteiger partial charge in [0.05, 0.1) is 17.0 Å². The van der Waals surface area contributed by atoms with Gasteiger partial charge in [0, 0.05) is 5.39 Å². The van der Waals surface area contributed by atoms with E-state index >= 15 is 0 Å². The number of esters is 1. The summed E-state index contributed by atoms with van der Waals surface area (Å²) in [6.07, 6.45) is 1.19. The van der Waals surface area contributed by atoms with Gasteiger partial charge in [-0.05, 0) is 29.7 Å². The second-order valence-corrected chi connectivity index (χ2v) is 6.45. The van der Waals surface area contributed by atoms with Gasteiger partial charge in [-0.15, -0.1) is 0 Å². The predicted octanol–water partition coefficient (Wildman–Crippen LogP) is 5.16. The Labute approximate surface area is 161 Å². The minimum atomic E-state index is -0.526. The van der Waals surface area contributed by atoms with Crippen LogP contribution in [0.5, 0.6) is 0 Å². The number of rotatable bonds is 6. The zero-order valence-corrected chi connectivity index (χ0v) is 15.4. The third kappa shape index (κ3) is 3.22. The number of furan rings is 1. The standard InChI is InChI=1S/C23H19NO4/c1-2-17-21(23(26)27-14-15-8-4-3-5-9-15)18(13-25)24-22(17)20-12-16-10-6-7-11-19(16)28-20/h3-13,24H,2,14H2,1H3. The van der Waals surface area contributed by atoms with E-state index in [1.165, 1.54) is 0 Å². The van der Waals surface area contributed by atoms with E-state index in [0.717, 1.165) is 16.5 Å². The summed E-state index contributed by atoms with van der Waals surface area (Å²) in [5.74, 6) is 0.0599. The Morgan fingerprint density at radius 1 is 1.11 bits per heavy atom. The first kappa shape index (κ1) is 17.8. The highest BCUT2D eigenvalue weighted by molar-refractivity contribution is 6.01. The quantitative estimate of drug-likeness (QED) is 0.374. The van der Waals surface area contributed by atoms with Crippen molar-refractivity contribution < 1.29 is 18.7 Å². The van der Waals surface area contributed by atoms with E-state index in [2.05, 4.69) is 4.98 Å². The second-order valence-electron chi connectivity index (χ2n) is 6.45. The predicted molar refractivity (Wildman–Crippen MR) is 106 cm³/mol. The molecule has 0 fully saturated rings. The van der Waals surface area contributed by atoms with Crippen LogP contribution >= 0.6 is 0 Å². The highest BCUT2D eigenvalue weighted by Crippen LogP contribution is 2.33. The van der Waals surface area contributed by atoms with Crippen molar-refractivity contribution in [2.75, 3.05) is 0 Å². The molecule has 0 bridgehead atoms. The third-order valence-corrected chi connectivity index (χ3v) is 4.69. The van der Waals surface area contributed by atoms with Crippen molar-refractivity contribution >= 4 is 23.2 Å². The van der Waals surface area contributed by atoms with Gasteiger partial charge >= 0.3 is 5.97 Å². The molecule has 2 aromatic heterocycles. The summed E-state index contributed by atoms with van der Waals surface area (Å²) in [5, 5.41) is 0.954. The minimum absolute atomic E-state index is 0.145. The summed E-state index contributed by atoms with van der Waals surface area (Å²) in [7, 11) is 0. The van der Waals surface area contributed by atoms with Crippen LogP contribution in [-0.2, 0) is 17.8 Å². The molecule has 0 unspecified atom stereocenters. The van der Waals surface area contributed by atoms with Gasteiger partial charge in [-0.2, -0.15) is 0 Å². The number of aromatic amines is 1. The number of fused-ring (bicyclic) bond motifs is 1. The van der Waals surface area contributed by atoms with Crippen LogP contribution in [0.3, 0.4) is 0 Å². The number of hydrogen-bond acceptors (Lipinski definition) is 4. The van der Waals surface area contributed by atoms with Crippen LogP contribution in [0.1, 0.15) is 38.9 Å². The number of ether oxygens (including phenoxy) is 1. The van der Waals surface area contributed by atoms with Gasteiger partial charge in [-0.1, -0.05) is 55.5 Å². The molecule has 0 aliphatic rings. The average molecular weight is 373 g/mol. The fourth-order valence-electron chi connectivity index (χ4n) is 3.35.